The van der Waals surface area contributed by atoms with E-state index in [1.807, 2.05) is 42.5 Å². The molecule has 0 bridgehead atoms. The van der Waals surface area contributed by atoms with Crippen LogP contribution in [0.5, 0.6) is 5.75 Å². The second-order valence-electron chi connectivity index (χ2n) is 6.48. The zero-order valence-corrected chi connectivity index (χ0v) is 17.7. The number of esters is 1. The van der Waals surface area contributed by atoms with Gasteiger partial charge in [-0.15, -0.1) is 6.42 Å². The fourth-order valence-corrected chi connectivity index (χ4v) is 3.48. The summed E-state index contributed by atoms with van der Waals surface area (Å²) >= 11 is 1.35. The third-order valence-corrected chi connectivity index (χ3v) is 4.81. The highest BCUT2D eigenvalue weighted by atomic mass is 32.2. The molecule has 0 fully saturated rings. The van der Waals surface area contributed by atoms with Gasteiger partial charge in [-0.3, -0.25) is 0 Å². The Labute approximate surface area is 180 Å². The van der Waals surface area contributed by atoms with Gasteiger partial charge in [-0.2, -0.15) is 0 Å². The Bertz CT molecular complexity index is 1080. The van der Waals surface area contributed by atoms with E-state index in [4.69, 9.17) is 15.9 Å². The number of methoxy groups -OCH3 is 1. The van der Waals surface area contributed by atoms with E-state index in [0.29, 0.717) is 22.0 Å². The summed E-state index contributed by atoms with van der Waals surface area (Å²) in [6.07, 6.45) is 6.87. The van der Waals surface area contributed by atoms with Crippen molar-refractivity contribution in [2.45, 2.75) is 29.9 Å². The van der Waals surface area contributed by atoms with Crippen LogP contribution in [0, 0.1) is 12.3 Å². The van der Waals surface area contributed by atoms with Crippen LogP contribution >= 0.6 is 11.8 Å². The number of hydrogen-bond acceptors (Lipinski definition) is 7. The van der Waals surface area contributed by atoms with E-state index in [1.165, 1.54) is 18.1 Å². The molecule has 1 N–H and O–H groups in total. The summed E-state index contributed by atoms with van der Waals surface area (Å²) < 4.78 is 10.8. The van der Waals surface area contributed by atoms with Crippen LogP contribution in [0.2, 0.25) is 0 Å². The quantitative estimate of drug-likeness (QED) is 0.331. The van der Waals surface area contributed by atoms with E-state index in [9.17, 15) is 4.79 Å². The zero-order chi connectivity index (χ0) is 21.5. The Hall–Kier alpha value is -3.50. The molecule has 30 heavy (non-hydrogen) atoms. The maximum atomic E-state index is 12.1. The normalized spacial score (nSPS) is 10.4. The number of para-hydroxylation sites is 1. The molecule has 6 nitrogen and oxygen atoms in total. The summed E-state index contributed by atoms with van der Waals surface area (Å²) in [6, 6.07) is 15.0. The van der Waals surface area contributed by atoms with E-state index >= 15 is 0 Å². The molecule has 1 heterocycles. The molecule has 0 saturated heterocycles. The number of hydrogen-bond donors (Lipinski definition) is 1. The Kier molecular flexibility index (Phi) is 6.94. The topological polar surface area (TPSA) is 73.3 Å². The molecule has 152 valence electrons. The number of nitrogens with zero attached hydrogens (tertiary/aromatic N) is 2. The van der Waals surface area contributed by atoms with Crippen molar-refractivity contribution in [1.29, 1.82) is 0 Å². The summed E-state index contributed by atoms with van der Waals surface area (Å²) in [7, 11) is 1.59. The van der Waals surface area contributed by atoms with Gasteiger partial charge >= 0.3 is 5.97 Å². The number of benzene rings is 2. The van der Waals surface area contributed by atoms with Crippen LogP contribution in [0.4, 0.5) is 11.4 Å². The van der Waals surface area contributed by atoms with Crippen molar-refractivity contribution in [3.63, 3.8) is 0 Å². The smallest absolute Gasteiger partial charge is 0.357 e. The van der Waals surface area contributed by atoms with Gasteiger partial charge in [-0.05, 0) is 38.1 Å². The lowest BCUT2D eigenvalue weighted by atomic mass is 10.1. The van der Waals surface area contributed by atoms with Gasteiger partial charge in [0.1, 0.15) is 17.1 Å². The number of rotatable bonds is 7. The monoisotopic (exact) mass is 419 g/mol. The molecule has 7 heteroatoms. The van der Waals surface area contributed by atoms with Crippen molar-refractivity contribution in [2.75, 3.05) is 12.4 Å². The number of ether oxygens (including phenoxy) is 2. The van der Waals surface area contributed by atoms with Crippen LogP contribution < -0.4 is 10.1 Å². The lowest BCUT2D eigenvalue weighted by molar-refractivity contribution is 0.0370. The minimum Gasteiger partial charge on any atom is -0.494 e. The van der Waals surface area contributed by atoms with Gasteiger partial charge in [0.15, 0.2) is 5.69 Å². The summed E-state index contributed by atoms with van der Waals surface area (Å²) in [5.41, 5.74) is 2.46. The Morgan fingerprint density at radius 3 is 2.60 bits per heavy atom. The lowest BCUT2D eigenvalue weighted by Crippen LogP contribution is -2.13. The number of anilines is 2. The molecule has 0 atom stereocenters. The maximum absolute atomic E-state index is 12.1. The average molecular weight is 420 g/mol. The summed E-state index contributed by atoms with van der Waals surface area (Å²) in [6.45, 7) is 3.57. The van der Waals surface area contributed by atoms with Gasteiger partial charge in [0.25, 0.3) is 0 Å². The third-order valence-electron chi connectivity index (χ3n) is 3.91. The minimum atomic E-state index is -0.487. The van der Waals surface area contributed by atoms with Crippen molar-refractivity contribution >= 4 is 29.1 Å². The zero-order valence-electron chi connectivity index (χ0n) is 16.9. The number of nitrogens with one attached hydrogen (secondary N) is 1. The molecule has 1 aromatic heterocycles. The van der Waals surface area contributed by atoms with Gasteiger partial charge in [0.2, 0.25) is 0 Å². The van der Waals surface area contributed by atoms with Crippen LogP contribution in [0.3, 0.4) is 0 Å². The molecule has 0 aliphatic carbocycles. The van der Waals surface area contributed by atoms with Crippen molar-refractivity contribution in [3.8, 4) is 18.1 Å². The van der Waals surface area contributed by atoms with E-state index in [2.05, 4.69) is 21.2 Å². The van der Waals surface area contributed by atoms with Gasteiger partial charge in [-0.1, -0.05) is 35.9 Å². The minimum absolute atomic E-state index is 0.202. The first kappa shape index (κ1) is 21.2. The van der Waals surface area contributed by atoms with Crippen molar-refractivity contribution in [1.82, 2.24) is 9.97 Å². The molecule has 2 aromatic carbocycles. The van der Waals surface area contributed by atoms with Crippen molar-refractivity contribution < 1.29 is 14.3 Å². The van der Waals surface area contributed by atoms with Crippen molar-refractivity contribution in [3.05, 3.63) is 66.1 Å². The third kappa shape index (κ3) is 5.31. The summed E-state index contributed by atoms with van der Waals surface area (Å²) in [4.78, 5) is 21.2. The highest BCUT2D eigenvalue weighted by Gasteiger charge is 2.15. The van der Waals surface area contributed by atoms with E-state index < -0.39 is 5.97 Å². The average Bonchev–Trinajstić information content (AvgIpc) is 2.75. The highest BCUT2D eigenvalue weighted by Crippen LogP contribution is 2.37. The summed E-state index contributed by atoms with van der Waals surface area (Å²) in [5, 5.41) is 3.90. The van der Waals surface area contributed by atoms with Gasteiger partial charge in [0.05, 0.1) is 24.5 Å². The van der Waals surface area contributed by atoms with Gasteiger partial charge in [-0.25, -0.2) is 14.8 Å². The molecule has 0 unspecified atom stereocenters. The molecule has 0 aliphatic heterocycles. The predicted octanol–water partition coefficient (Wildman–Crippen LogP) is 4.93. The SMILES string of the molecule is C#Cc1cc(Sc2cc(C(=O)OC(C)C)ncn2)cc(OC)c1Nc1ccccc1. The second kappa shape index (κ2) is 9.81. The molecule has 0 aliphatic rings. The molecule has 0 amide bonds. The van der Waals surface area contributed by atoms with E-state index in [-0.39, 0.29) is 11.8 Å². The Morgan fingerprint density at radius 2 is 1.93 bits per heavy atom. The molecule has 0 radical (unpaired) electrons. The molecule has 0 saturated carbocycles. The van der Waals surface area contributed by atoms with Crippen LogP contribution in [-0.2, 0) is 4.74 Å². The number of carbonyl (C=O) groups is 1. The molecule has 3 aromatic rings. The fraction of sp³-hybridized carbons (Fsp3) is 0.174. The Balaban J connectivity index is 1.89. The van der Waals surface area contributed by atoms with E-state index in [0.717, 1.165) is 10.6 Å². The second-order valence-corrected chi connectivity index (χ2v) is 7.57. The van der Waals surface area contributed by atoms with Crippen LogP contribution in [0.15, 0.2) is 64.8 Å². The molecular weight excluding hydrogens is 398 g/mol. The summed E-state index contributed by atoms with van der Waals surface area (Å²) in [5.74, 6) is 2.82. The number of carbonyl (C=O) groups excluding carboxylic acids is 1. The van der Waals surface area contributed by atoms with Gasteiger partial charge in [0, 0.05) is 16.6 Å². The highest BCUT2D eigenvalue weighted by molar-refractivity contribution is 7.99. The van der Waals surface area contributed by atoms with Crippen molar-refractivity contribution in [2.24, 2.45) is 0 Å². The fourth-order valence-electron chi connectivity index (χ4n) is 2.62. The first-order valence-corrected chi connectivity index (χ1v) is 10.0. The van der Waals surface area contributed by atoms with Gasteiger partial charge < -0.3 is 14.8 Å². The van der Waals surface area contributed by atoms with Crippen LogP contribution in [0.1, 0.15) is 29.9 Å². The van der Waals surface area contributed by atoms with Crippen LogP contribution in [0.25, 0.3) is 0 Å². The standard InChI is InChI=1S/C23H21N3O3S/c1-5-16-11-18(12-20(28-4)22(16)26-17-9-7-6-8-10-17)30-21-13-19(24-14-25-21)23(27)29-15(2)3/h1,6-15,26H,2-4H3. The molecule has 3 rings (SSSR count). The largest absolute Gasteiger partial charge is 0.494 e. The predicted molar refractivity (Wildman–Crippen MR) is 117 cm³/mol. The molecular formula is C23H21N3O3S. The first-order chi connectivity index (χ1) is 14.5. The van der Waals surface area contributed by atoms with Crippen LogP contribution in [-0.4, -0.2) is 29.2 Å². The maximum Gasteiger partial charge on any atom is 0.357 e. The lowest BCUT2D eigenvalue weighted by Gasteiger charge is -2.15. The molecule has 0 spiro atoms. The number of aromatic nitrogens is 2. The number of terminal acetylenes is 1. The Morgan fingerprint density at radius 1 is 1.17 bits per heavy atom. The van der Waals surface area contributed by atoms with E-state index in [1.54, 1.807) is 27.0 Å². The first-order valence-electron chi connectivity index (χ1n) is 9.21.